The number of hydrogen-bond acceptors (Lipinski definition) is 6. The number of benzene rings is 1. The van der Waals surface area contributed by atoms with Crippen LogP contribution in [0.2, 0.25) is 0 Å². The fourth-order valence-electron chi connectivity index (χ4n) is 5.28. The number of pyridine rings is 2. The average Bonchev–Trinajstić information content (AvgIpc) is 3.87. The summed E-state index contributed by atoms with van der Waals surface area (Å²) in [6, 6.07) is 8.46. The second-order valence-electron chi connectivity index (χ2n) is 11.7. The molecule has 9 nitrogen and oxygen atoms in total. The second kappa shape index (κ2) is 11.0. The Bertz CT molecular complexity index is 1730. The molecule has 2 N–H and O–H groups in total. The Morgan fingerprint density at radius 3 is 2.49 bits per heavy atom. The highest BCUT2D eigenvalue weighted by atomic mass is 19.3. The number of carbonyl (C=O) groups excluding carboxylic acids is 2. The van der Waals surface area contributed by atoms with Crippen LogP contribution < -0.4 is 16.2 Å². The molecule has 3 aliphatic rings. The molecule has 3 aromatic rings. The third-order valence-electron chi connectivity index (χ3n) is 7.90. The van der Waals surface area contributed by atoms with Gasteiger partial charge in [0.25, 0.3) is 23.3 Å². The number of anilines is 1. The molecule has 1 aromatic carbocycles. The number of likely N-dealkylation sites (tertiary alicyclic amines) is 1. The number of aryl methyl sites for hydroxylation is 1. The van der Waals surface area contributed by atoms with E-state index < -0.39 is 42.2 Å². The number of aromatic nitrogens is 2. The van der Waals surface area contributed by atoms with Gasteiger partial charge in [0, 0.05) is 37.0 Å². The van der Waals surface area contributed by atoms with E-state index in [0.717, 1.165) is 35.9 Å². The minimum Gasteiger partial charge on any atom is -0.326 e. The van der Waals surface area contributed by atoms with Gasteiger partial charge in [-0.3, -0.25) is 14.4 Å². The van der Waals surface area contributed by atoms with Crippen molar-refractivity contribution in [2.75, 3.05) is 25.0 Å². The summed E-state index contributed by atoms with van der Waals surface area (Å²) in [6.45, 7) is -0.263. The second-order valence-corrected chi connectivity index (χ2v) is 11.7. The van der Waals surface area contributed by atoms with Crippen LogP contribution in [-0.2, 0) is 13.6 Å². The molecule has 0 unspecified atom stereocenters. The lowest BCUT2D eigenvalue weighted by atomic mass is 9.94. The molecule has 222 valence electrons. The van der Waals surface area contributed by atoms with Crippen LogP contribution in [0.3, 0.4) is 0 Å². The first-order chi connectivity index (χ1) is 20.5. The fourth-order valence-corrected chi connectivity index (χ4v) is 5.28. The van der Waals surface area contributed by atoms with E-state index in [9.17, 15) is 28.4 Å². The fraction of sp³-hybridized carbons (Fsp3) is 0.387. The number of hydrogen-bond donors (Lipinski definition) is 2. The van der Waals surface area contributed by atoms with E-state index in [4.69, 9.17) is 0 Å². The lowest BCUT2D eigenvalue weighted by Gasteiger charge is -2.39. The van der Waals surface area contributed by atoms with E-state index in [1.165, 1.54) is 35.6 Å². The number of amides is 2. The largest absolute Gasteiger partial charge is 0.326 e. The summed E-state index contributed by atoms with van der Waals surface area (Å²) in [5.74, 6) is -4.69. The number of alkyl halides is 2. The highest BCUT2D eigenvalue weighted by Crippen LogP contribution is 2.42. The first kappa shape index (κ1) is 28.6. The van der Waals surface area contributed by atoms with Gasteiger partial charge < -0.3 is 20.1 Å². The van der Waals surface area contributed by atoms with Crippen molar-refractivity contribution in [2.45, 2.75) is 44.1 Å². The molecule has 3 fully saturated rings. The standard InChI is InChI=1S/C31H29F3N6O3/c1-39-14-19(13-36-12-17-2-3-17)7-23(29(39)42)28(41)38-26-10-21(9-25(37-26)20-4-5-20)27-22(6-18(11-35)8-24(27)32)30(43)40-15-31(33,34)16-40/h6-10,14,17,20,36H,2-5,12-13,15-16H2,1H3,(H,37,38,41). The molecule has 2 aliphatic carbocycles. The van der Waals surface area contributed by atoms with Crippen LogP contribution in [-0.4, -0.2) is 51.8 Å². The lowest BCUT2D eigenvalue weighted by Crippen LogP contribution is -2.58. The maximum absolute atomic E-state index is 15.6. The summed E-state index contributed by atoms with van der Waals surface area (Å²) in [5, 5.41) is 15.4. The smallest absolute Gasteiger partial charge is 0.282 e. The Balaban J connectivity index is 1.34. The molecular weight excluding hydrogens is 561 g/mol. The molecule has 43 heavy (non-hydrogen) atoms. The van der Waals surface area contributed by atoms with Crippen molar-refractivity contribution in [1.29, 1.82) is 5.26 Å². The summed E-state index contributed by atoms with van der Waals surface area (Å²) in [6.07, 6.45) is 5.71. The van der Waals surface area contributed by atoms with Crippen LogP contribution in [0.1, 0.15) is 69.1 Å². The van der Waals surface area contributed by atoms with Gasteiger partial charge >= 0.3 is 0 Å². The zero-order valence-electron chi connectivity index (χ0n) is 23.4. The van der Waals surface area contributed by atoms with Gasteiger partial charge in [0.05, 0.1) is 30.3 Å². The zero-order valence-corrected chi connectivity index (χ0v) is 23.4. The van der Waals surface area contributed by atoms with Crippen LogP contribution in [0.25, 0.3) is 11.1 Å². The molecule has 0 atom stereocenters. The van der Waals surface area contributed by atoms with E-state index in [0.29, 0.717) is 18.2 Å². The number of carbonyl (C=O) groups is 2. The number of halogens is 3. The molecule has 1 aliphatic heterocycles. The third-order valence-corrected chi connectivity index (χ3v) is 7.90. The highest BCUT2D eigenvalue weighted by molar-refractivity contribution is 6.05. The maximum atomic E-state index is 15.6. The van der Waals surface area contributed by atoms with Gasteiger partial charge in [0.1, 0.15) is 17.2 Å². The van der Waals surface area contributed by atoms with Crippen molar-refractivity contribution in [3.63, 3.8) is 0 Å². The summed E-state index contributed by atoms with van der Waals surface area (Å²) in [5.41, 5.74) is 0.354. The van der Waals surface area contributed by atoms with Gasteiger partial charge in [-0.05, 0) is 79.6 Å². The van der Waals surface area contributed by atoms with Gasteiger partial charge in [0.15, 0.2) is 0 Å². The molecule has 3 heterocycles. The molecule has 0 radical (unpaired) electrons. The van der Waals surface area contributed by atoms with Crippen LogP contribution in [0.5, 0.6) is 0 Å². The van der Waals surface area contributed by atoms with Crippen molar-refractivity contribution < 1.29 is 22.8 Å². The Morgan fingerprint density at radius 2 is 1.84 bits per heavy atom. The SMILES string of the molecule is Cn1cc(CNCC2CC2)cc(C(=O)Nc2cc(-c3c(F)cc(C#N)cc3C(=O)N3CC(F)(F)C3)cc(C3CC3)n2)c1=O. The number of nitrogens with one attached hydrogen (secondary N) is 2. The van der Waals surface area contributed by atoms with Crippen LogP contribution in [0.4, 0.5) is 19.0 Å². The molecule has 2 aromatic heterocycles. The summed E-state index contributed by atoms with van der Waals surface area (Å²) < 4.78 is 44.0. The topological polar surface area (TPSA) is 120 Å². The Morgan fingerprint density at radius 1 is 1.09 bits per heavy atom. The van der Waals surface area contributed by atoms with E-state index in [1.54, 1.807) is 25.4 Å². The molecule has 0 spiro atoms. The quantitative estimate of drug-likeness (QED) is 0.386. The van der Waals surface area contributed by atoms with Crippen molar-refractivity contribution >= 4 is 17.6 Å². The van der Waals surface area contributed by atoms with Gasteiger partial charge in [0.2, 0.25) is 0 Å². The normalized spacial score (nSPS) is 17.2. The molecule has 2 saturated carbocycles. The monoisotopic (exact) mass is 590 g/mol. The maximum Gasteiger partial charge on any atom is 0.282 e. The first-order valence-corrected chi connectivity index (χ1v) is 14.2. The Hall–Kier alpha value is -4.50. The van der Waals surface area contributed by atoms with Gasteiger partial charge in [-0.2, -0.15) is 5.26 Å². The van der Waals surface area contributed by atoms with E-state index in [2.05, 4.69) is 15.6 Å². The highest BCUT2D eigenvalue weighted by Gasteiger charge is 2.47. The van der Waals surface area contributed by atoms with Crippen LogP contribution in [0.15, 0.2) is 41.3 Å². The van der Waals surface area contributed by atoms with Crippen LogP contribution in [0, 0.1) is 23.1 Å². The summed E-state index contributed by atoms with van der Waals surface area (Å²) >= 11 is 0. The molecular formula is C31H29F3N6O3. The molecule has 12 heteroatoms. The summed E-state index contributed by atoms with van der Waals surface area (Å²) in [7, 11) is 1.56. The minimum atomic E-state index is -3.03. The van der Waals surface area contributed by atoms with Crippen molar-refractivity contribution in [3.8, 4) is 17.2 Å². The van der Waals surface area contributed by atoms with Crippen molar-refractivity contribution in [2.24, 2.45) is 13.0 Å². The van der Waals surface area contributed by atoms with Crippen molar-refractivity contribution in [1.82, 2.24) is 19.8 Å². The number of nitriles is 1. The Kier molecular flexibility index (Phi) is 7.30. The minimum absolute atomic E-state index is 0.0429. The summed E-state index contributed by atoms with van der Waals surface area (Å²) in [4.78, 5) is 44.9. The van der Waals surface area contributed by atoms with E-state index >= 15 is 4.39 Å². The zero-order chi connectivity index (χ0) is 30.5. The number of rotatable bonds is 9. The predicted molar refractivity (Wildman–Crippen MR) is 151 cm³/mol. The van der Waals surface area contributed by atoms with Crippen molar-refractivity contribution in [3.05, 3.63) is 80.6 Å². The van der Waals surface area contributed by atoms with E-state index in [1.807, 2.05) is 0 Å². The molecule has 6 rings (SSSR count). The molecule has 1 saturated heterocycles. The lowest BCUT2D eigenvalue weighted by molar-refractivity contribution is -0.113. The third kappa shape index (κ3) is 6.17. The van der Waals surface area contributed by atoms with Gasteiger partial charge in [-0.1, -0.05) is 0 Å². The van der Waals surface area contributed by atoms with Gasteiger partial charge in [-0.15, -0.1) is 0 Å². The number of nitrogens with zero attached hydrogens (tertiary/aromatic N) is 4. The molecule has 2 amide bonds. The Labute approximate surface area is 245 Å². The van der Waals surface area contributed by atoms with Gasteiger partial charge in [-0.25, -0.2) is 18.2 Å². The van der Waals surface area contributed by atoms with E-state index in [-0.39, 0.29) is 39.6 Å². The predicted octanol–water partition coefficient (Wildman–Crippen LogP) is 4.18. The van der Waals surface area contributed by atoms with Crippen LogP contribution >= 0.6 is 0 Å². The average molecular weight is 591 g/mol. The first-order valence-electron chi connectivity index (χ1n) is 14.2. The molecule has 0 bridgehead atoms.